The molecule has 0 fully saturated rings. The Morgan fingerprint density at radius 3 is 2.39 bits per heavy atom. The zero-order chi connectivity index (χ0) is 24.6. The van der Waals surface area contributed by atoms with Crippen molar-refractivity contribution in [1.82, 2.24) is 14.5 Å². The highest BCUT2D eigenvalue weighted by molar-refractivity contribution is 6.30. The van der Waals surface area contributed by atoms with E-state index in [0.29, 0.717) is 31.5 Å². The number of benzene rings is 1. The highest BCUT2D eigenvalue weighted by atomic mass is 35.5. The summed E-state index contributed by atoms with van der Waals surface area (Å²) in [5, 5.41) is -0.126. The van der Waals surface area contributed by atoms with Crippen molar-refractivity contribution in [2.45, 2.75) is 45.6 Å². The normalized spacial score (nSPS) is 12.1. The van der Waals surface area contributed by atoms with Gasteiger partial charge in [-0.25, -0.2) is 13.8 Å². The number of aryl methyl sites for hydroxylation is 1. The Kier molecular flexibility index (Phi) is 6.69. The molecule has 0 saturated heterocycles. The lowest BCUT2D eigenvalue weighted by Crippen LogP contribution is -2.27. The summed E-state index contributed by atoms with van der Waals surface area (Å²) in [6.45, 7) is 2.88. The minimum Gasteiger partial charge on any atom is -0.449 e. The van der Waals surface area contributed by atoms with Crippen LogP contribution in [-0.4, -0.2) is 14.5 Å². The molecule has 0 bridgehead atoms. The first-order valence-electron chi connectivity index (χ1n) is 9.85. The molecule has 33 heavy (non-hydrogen) atoms. The van der Waals surface area contributed by atoms with Crippen LogP contribution in [-0.2, 0) is 24.8 Å². The number of rotatable bonds is 7. The maximum atomic E-state index is 14.2. The lowest BCUT2D eigenvalue weighted by molar-refractivity contribution is 0.00976. The number of ether oxygens (including phenoxy) is 1. The fourth-order valence-electron chi connectivity index (χ4n) is 3.18. The van der Waals surface area contributed by atoms with E-state index in [1.165, 1.54) is 12.1 Å². The second-order valence-corrected chi connectivity index (χ2v) is 8.03. The van der Waals surface area contributed by atoms with Crippen LogP contribution < -0.4 is 15.9 Å². The van der Waals surface area contributed by atoms with Crippen molar-refractivity contribution in [2.24, 2.45) is 0 Å². The number of nitrogens with one attached hydrogen (secondary N) is 1. The Hall–Kier alpha value is -3.14. The van der Waals surface area contributed by atoms with Crippen LogP contribution in [0.25, 0.3) is 0 Å². The van der Waals surface area contributed by atoms with E-state index in [2.05, 4.69) is 9.97 Å². The van der Waals surface area contributed by atoms with Gasteiger partial charge in [-0.2, -0.15) is 8.78 Å². The average Bonchev–Trinajstić information content (AvgIpc) is 2.70. The van der Waals surface area contributed by atoms with E-state index in [4.69, 9.17) is 16.3 Å². The van der Waals surface area contributed by atoms with Crippen molar-refractivity contribution in [3.8, 4) is 11.5 Å². The van der Waals surface area contributed by atoms with Gasteiger partial charge in [-0.3, -0.25) is 14.2 Å². The molecule has 176 valence electrons. The monoisotopic (exact) mass is 485 g/mol. The molecule has 2 heterocycles. The van der Waals surface area contributed by atoms with Gasteiger partial charge >= 0.3 is 0 Å². The molecule has 1 aromatic carbocycles. The predicted molar refractivity (Wildman–Crippen MR) is 115 cm³/mol. The van der Waals surface area contributed by atoms with E-state index in [9.17, 15) is 27.2 Å². The van der Waals surface area contributed by atoms with Crippen LogP contribution in [0.2, 0.25) is 5.02 Å². The SMILES string of the molecule is CCc1[nH]c(=O)ccc1Cn1cnc(C(C)(F)F)c(Oc2cc(Cl)cc(C(C)(F)F)c2)c1=O. The molecule has 0 radical (unpaired) electrons. The number of hydrogen-bond donors (Lipinski definition) is 1. The molecule has 6 nitrogen and oxygen atoms in total. The molecule has 0 spiro atoms. The standard InChI is InChI=1S/C22H20ClF4N3O3/c1-4-16-12(5-6-17(31)29-16)10-30-11-28-19(22(3,26)27)18(20(30)32)33-15-8-13(21(2,24)25)7-14(23)9-15/h5-9,11H,4,10H2,1-3H3,(H,29,31). The maximum absolute atomic E-state index is 14.2. The van der Waals surface area contributed by atoms with Crippen molar-refractivity contribution in [3.63, 3.8) is 0 Å². The number of nitrogens with zero attached hydrogens (tertiary/aromatic N) is 2. The minimum atomic E-state index is -3.56. The number of aromatic nitrogens is 3. The van der Waals surface area contributed by atoms with E-state index >= 15 is 0 Å². The van der Waals surface area contributed by atoms with Crippen LogP contribution in [0.4, 0.5) is 17.6 Å². The quantitative estimate of drug-likeness (QED) is 0.466. The molecule has 2 aromatic heterocycles. The van der Waals surface area contributed by atoms with Crippen LogP contribution in [0.1, 0.15) is 43.3 Å². The third-order valence-electron chi connectivity index (χ3n) is 4.80. The molecule has 0 aliphatic rings. The molecule has 0 saturated carbocycles. The average molecular weight is 486 g/mol. The third-order valence-corrected chi connectivity index (χ3v) is 5.02. The van der Waals surface area contributed by atoms with Gasteiger partial charge in [0.15, 0.2) is 5.69 Å². The van der Waals surface area contributed by atoms with Gasteiger partial charge in [0.25, 0.3) is 17.4 Å². The number of hydrogen-bond acceptors (Lipinski definition) is 4. The Balaban J connectivity index is 2.12. The second-order valence-electron chi connectivity index (χ2n) is 7.59. The summed E-state index contributed by atoms with van der Waals surface area (Å²) in [4.78, 5) is 31.0. The van der Waals surface area contributed by atoms with Crippen LogP contribution in [0.5, 0.6) is 11.5 Å². The maximum Gasteiger partial charge on any atom is 0.297 e. The molecule has 3 aromatic rings. The number of alkyl halides is 4. The summed E-state index contributed by atoms with van der Waals surface area (Å²) in [5.41, 5.74) is -1.62. The van der Waals surface area contributed by atoms with Gasteiger partial charge in [-0.15, -0.1) is 0 Å². The van der Waals surface area contributed by atoms with Crippen molar-refractivity contribution in [2.75, 3.05) is 0 Å². The van der Waals surface area contributed by atoms with Gasteiger partial charge < -0.3 is 9.72 Å². The number of H-pyrrole nitrogens is 1. The van der Waals surface area contributed by atoms with Crippen molar-refractivity contribution in [3.05, 3.63) is 84.9 Å². The highest BCUT2D eigenvalue weighted by Gasteiger charge is 2.34. The molecule has 11 heteroatoms. The van der Waals surface area contributed by atoms with Crippen LogP contribution in [0.3, 0.4) is 0 Å². The van der Waals surface area contributed by atoms with E-state index in [-0.39, 0.29) is 22.9 Å². The predicted octanol–water partition coefficient (Wildman–Crippen LogP) is 5.21. The fourth-order valence-corrected chi connectivity index (χ4v) is 3.40. The second kappa shape index (κ2) is 9.01. The summed E-state index contributed by atoms with van der Waals surface area (Å²) < 4.78 is 62.3. The smallest absolute Gasteiger partial charge is 0.297 e. The van der Waals surface area contributed by atoms with Gasteiger partial charge in [0.1, 0.15) is 5.75 Å². The van der Waals surface area contributed by atoms with E-state index in [1.54, 1.807) is 6.92 Å². The number of aromatic amines is 1. The highest BCUT2D eigenvalue weighted by Crippen LogP contribution is 2.36. The molecule has 1 N–H and O–H groups in total. The lowest BCUT2D eigenvalue weighted by atomic mass is 10.1. The van der Waals surface area contributed by atoms with Crippen LogP contribution in [0, 0.1) is 0 Å². The summed E-state index contributed by atoms with van der Waals surface area (Å²) in [6.07, 6.45) is 1.40. The molecular formula is C22H20ClF4N3O3. The number of pyridine rings is 1. The molecule has 0 aliphatic carbocycles. The molecular weight excluding hydrogens is 466 g/mol. The lowest BCUT2D eigenvalue weighted by Gasteiger charge is -2.18. The van der Waals surface area contributed by atoms with Gasteiger partial charge in [-0.05, 0) is 30.2 Å². The van der Waals surface area contributed by atoms with Gasteiger partial charge in [0.05, 0.1) is 12.9 Å². The number of halogens is 5. The summed E-state index contributed by atoms with van der Waals surface area (Å²) in [7, 11) is 0. The Morgan fingerprint density at radius 2 is 1.79 bits per heavy atom. The zero-order valence-corrected chi connectivity index (χ0v) is 18.6. The Labute approximate surface area is 190 Å². The first-order valence-corrected chi connectivity index (χ1v) is 10.2. The van der Waals surface area contributed by atoms with Crippen molar-refractivity contribution in [1.29, 1.82) is 0 Å². The zero-order valence-electron chi connectivity index (χ0n) is 17.9. The Bertz CT molecular complexity index is 1290. The first-order chi connectivity index (χ1) is 15.3. The van der Waals surface area contributed by atoms with Gasteiger partial charge in [-0.1, -0.05) is 24.6 Å². The topological polar surface area (TPSA) is 77.0 Å². The summed E-state index contributed by atoms with van der Waals surface area (Å²) >= 11 is 5.89. The largest absolute Gasteiger partial charge is 0.449 e. The minimum absolute atomic E-state index is 0.0917. The summed E-state index contributed by atoms with van der Waals surface area (Å²) in [6, 6.07) is 5.84. The first kappa shape index (κ1) is 24.5. The van der Waals surface area contributed by atoms with Crippen LogP contribution in [0.15, 0.2) is 46.2 Å². The van der Waals surface area contributed by atoms with E-state index in [1.807, 2.05) is 0 Å². The Morgan fingerprint density at radius 1 is 1.09 bits per heavy atom. The van der Waals surface area contributed by atoms with Crippen LogP contribution >= 0.6 is 11.6 Å². The molecule has 0 unspecified atom stereocenters. The fraction of sp³-hybridized carbons (Fsp3) is 0.318. The summed E-state index contributed by atoms with van der Waals surface area (Å²) in [5.74, 6) is -7.98. The molecule has 3 rings (SSSR count). The van der Waals surface area contributed by atoms with E-state index < -0.39 is 34.4 Å². The third kappa shape index (κ3) is 5.62. The molecule has 0 aliphatic heterocycles. The van der Waals surface area contributed by atoms with Gasteiger partial charge in [0, 0.05) is 36.2 Å². The molecule has 0 amide bonds. The van der Waals surface area contributed by atoms with Crippen molar-refractivity contribution >= 4 is 11.6 Å². The molecule has 0 atom stereocenters. The van der Waals surface area contributed by atoms with Crippen molar-refractivity contribution < 1.29 is 22.3 Å². The van der Waals surface area contributed by atoms with E-state index in [0.717, 1.165) is 29.1 Å². The van der Waals surface area contributed by atoms with Gasteiger partial charge in [0.2, 0.25) is 11.3 Å².